The van der Waals surface area contributed by atoms with E-state index < -0.39 is 5.97 Å². The van der Waals surface area contributed by atoms with Crippen molar-refractivity contribution in [1.29, 1.82) is 0 Å². The third-order valence-electron chi connectivity index (χ3n) is 4.72. The topological polar surface area (TPSA) is 40.5 Å². The van der Waals surface area contributed by atoms with E-state index in [9.17, 15) is 4.79 Å². The number of likely N-dealkylation sites (tertiary alicyclic amines) is 1. The van der Waals surface area contributed by atoms with E-state index >= 15 is 0 Å². The number of hydrogen-bond donors (Lipinski definition) is 1. The normalized spacial score (nSPS) is 35.4. The molecule has 3 atom stereocenters. The van der Waals surface area contributed by atoms with Crippen LogP contribution in [0.2, 0.25) is 0 Å². The summed E-state index contributed by atoms with van der Waals surface area (Å²) in [6.07, 6.45) is 6.09. The smallest absolute Gasteiger partial charge is 0.307 e. The van der Waals surface area contributed by atoms with Crippen molar-refractivity contribution in [2.75, 3.05) is 13.1 Å². The molecule has 1 saturated heterocycles. The SMILES string of the molecule is CC(C)C1CCCC(N2CCC(C(=O)O)C2)C1. The Hall–Kier alpha value is -0.570. The van der Waals surface area contributed by atoms with Gasteiger partial charge in [-0.2, -0.15) is 0 Å². The van der Waals surface area contributed by atoms with Gasteiger partial charge in [0.2, 0.25) is 0 Å². The zero-order chi connectivity index (χ0) is 12.4. The molecular formula is C14H25NO2. The molecule has 0 aromatic rings. The van der Waals surface area contributed by atoms with Crippen molar-refractivity contribution in [2.45, 2.75) is 52.0 Å². The molecule has 0 amide bonds. The summed E-state index contributed by atoms with van der Waals surface area (Å²) in [7, 11) is 0. The van der Waals surface area contributed by atoms with E-state index in [1.165, 1.54) is 25.7 Å². The minimum Gasteiger partial charge on any atom is -0.481 e. The van der Waals surface area contributed by atoms with Gasteiger partial charge in [0.25, 0.3) is 0 Å². The lowest BCUT2D eigenvalue weighted by molar-refractivity contribution is -0.141. The summed E-state index contributed by atoms with van der Waals surface area (Å²) in [5.41, 5.74) is 0. The van der Waals surface area contributed by atoms with Crippen LogP contribution >= 0.6 is 0 Å². The molecule has 1 N–H and O–H groups in total. The predicted molar refractivity (Wildman–Crippen MR) is 67.9 cm³/mol. The molecule has 2 fully saturated rings. The Kier molecular flexibility index (Phi) is 4.08. The first-order valence-electron chi connectivity index (χ1n) is 7.04. The first-order valence-corrected chi connectivity index (χ1v) is 7.04. The molecule has 0 aromatic heterocycles. The molecule has 17 heavy (non-hydrogen) atoms. The highest BCUT2D eigenvalue weighted by atomic mass is 16.4. The number of hydrogen-bond acceptors (Lipinski definition) is 2. The molecule has 0 bridgehead atoms. The molecule has 3 unspecified atom stereocenters. The summed E-state index contributed by atoms with van der Waals surface area (Å²) in [5, 5.41) is 9.04. The fourth-order valence-corrected chi connectivity index (χ4v) is 3.46. The third-order valence-corrected chi connectivity index (χ3v) is 4.72. The van der Waals surface area contributed by atoms with E-state index in [2.05, 4.69) is 18.7 Å². The van der Waals surface area contributed by atoms with Crippen LogP contribution in [0.1, 0.15) is 46.0 Å². The van der Waals surface area contributed by atoms with Crippen LogP contribution in [0.5, 0.6) is 0 Å². The van der Waals surface area contributed by atoms with E-state index in [4.69, 9.17) is 5.11 Å². The number of rotatable bonds is 3. The van der Waals surface area contributed by atoms with Crippen molar-refractivity contribution in [3.63, 3.8) is 0 Å². The third kappa shape index (κ3) is 3.01. The summed E-state index contributed by atoms with van der Waals surface area (Å²) in [4.78, 5) is 13.4. The molecule has 1 aliphatic carbocycles. The van der Waals surface area contributed by atoms with Crippen molar-refractivity contribution < 1.29 is 9.90 Å². The Labute approximate surface area is 104 Å². The Bertz CT molecular complexity index is 277. The van der Waals surface area contributed by atoms with Gasteiger partial charge in [0.05, 0.1) is 5.92 Å². The van der Waals surface area contributed by atoms with Crippen molar-refractivity contribution in [1.82, 2.24) is 4.90 Å². The van der Waals surface area contributed by atoms with Crippen LogP contribution < -0.4 is 0 Å². The van der Waals surface area contributed by atoms with Crippen LogP contribution in [0.25, 0.3) is 0 Å². The molecule has 3 nitrogen and oxygen atoms in total. The minimum atomic E-state index is -0.608. The number of aliphatic carboxylic acids is 1. The summed E-state index contributed by atoms with van der Waals surface area (Å²) < 4.78 is 0. The second-order valence-corrected chi connectivity index (χ2v) is 6.14. The van der Waals surface area contributed by atoms with Gasteiger partial charge in [-0.05, 0) is 37.6 Å². The number of carboxylic acid groups (broad SMARTS) is 1. The van der Waals surface area contributed by atoms with Crippen LogP contribution in [0.15, 0.2) is 0 Å². The summed E-state index contributed by atoms with van der Waals surface area (Å²) in [6.45, 7) is 6.41. The highest BCUT2D eigenvalue weighted by molar-refractivity contribution is 5.70. The lowest BCUT2D eigenvalue weighted by Gasteiger charge is -2.37. The summed E-state index contributed by atoms with van der Waals surface area (Å²) in [6, 6.07) is 0.653. The minimum absolute atomic E-state index is 0.116. The van der Waals surface area contributed by atoms with Gasteiger partial charge in [-0.25, -0.2) is 0 Å². The van der Waals surface area contributed by atoms with Crippen molar-refractivity contribution in [3.8, 4) is 0 Å². The van der Waals surface area contributed by atoms with E-state index in [-0.39, 0.29) is 5.92 Å². The van der Waals surface area contributed by atoms with E-state index in [1.54, 1.807) is 0 Å². The maximum atomic E-state index is 11.0. The van der Waals surface area contributed by atoms with Crippen LogP contribution in [0, 0.1) is 17.8 Å². The quantitative estimate of drug-likeness (QED) is 0.823. The molecule has 2 aliphatic rings. The molecule has 3 heteroatoms. The highest BCUT2D eigenvalue weighted by Crippen LogP contribution is 2.34. The fraction of sp³-hybridized carbons (Fsp3) is 0.929. The van der Waals surface area contributed by atoms with Crippen LogP contribution in [-0.4, -0.2) is 35.1 Å². The fourth-order valence-electron chi connectivity index (χ4n) is 3.46. The van der Waals surface area contributed by atoms with Gasteiger partial charge in [-0.15, -0.1) is 0 Å². The molecule has 0 aromatic carbocycles. The maximum Gasteiger partial charge on any atom is 0.307 e. The van der Waals surface area contributed by atoms with Gasteiger partial charge in [-0.1, -0.05) is 26.7 Å². The first kappa shape index (κ1) is 12.9. The molecule has 1 heterocycles. The highest BCUT2D eigenvalue weighted by Gasteiger charge is 2.34. The van der Waals surface area contributed by atoms with Crippen molar-refractivity contribution in [3.05, 3.63) is 0 Å². The monoisotopic (exact) mass is 239 g/mol. The Morgan fingerprint density at radius 3 is 2.65 bits per heavy atom. The lowest BCUT2D eigenvalue weighted by Crippen LogP contribution is -2.38. The molecule has 0 radical (unpaired) electrons. The zero-order valence-electron chi connectivity index (χ0n) is 11.1. The van der Waals surface area contributed by atoms with Gasteiger partial charge in [0, 0.05) is 12.6 Å². The molecule has 0 spiro atoms. The maximum absolute atomic E-state index is 11.0. The molecule has 2 rings (SSSR count). The molecule has 1 saturated carbocycles. The van der Waals surface area contributed by atoms with Crippen LogP contribution in [0.3, 0.4) is 0 Å². The van der Waals surface area contributed by atoms with Crippen molar-refractivity contribution >= 4 is 5.97 Å². The zero-order valence-corrected chi connectivity index (χ0v) is 11.1. The van der Waals surface area contributed by atoms with Crippen LogP contribution in [-0.2, 0) is 4.79 Å². The van der Waals surface area contributed by atoms with Gasteiger partial charge >= 0.3 is 5.97 Å². The molecule has 98 valence electrons. The average molecular weight is 239 g/mol. The van der Waals surface area contributed by atoms with E-state index in [1.807, 2.05) is 0 Å². The van der Waals surface area contributed by atoms with Crippen LogP contribution in [0.4, 0.5) is 0 Å². The van der Waals surface area contributed by atoms with Gasteiger partial charge in [0.15, 0.2) is 0 Å². The second-order valence-electron chi connectivity index (χ2n) is 6.14. The Morgan fingerprint density at radius 1 is 1.29 bits per heavy atom. The Balaban J connectivity index is 1.88. The Morgan fingerprint density at radius 2 is 2.06 bits per heavy atom. The van der Waals surface area contributed by atoms with Gasteiger partial charge in [-0.3, -0.25) is 9.69 Å². The van der Waals surface area contributed by atoms with Gasteiger partial charge in [0.1, 0.15) is 0 Å². The predicted octanol–water partition coefficient (Wildman–Crippen LogP) is 2.61. The van der Waals surface area contributed by atoms with E-state index in [0.717, 1.165) is 31.3 Å². The standard InChI is InChI=1S/C14H25NO2/c1-10(2)11-4-3-5-13(8-11)15-7-6-12(9-15)14(16)17/h10-13H,3-9H2,1-2H3,(H,16,17). The summed E-state index contributed by atoms with van der Waals surface area (Å²) in [5.74, 6) is 0.895. The first-order chi connectivity index (χ1) is 8.08. The summed E-state index contributed by atoms with van der Waals surface area (Å²) >= 11 is 0. The number of carboxylic acids is 1. The average Bonchev–Trinajstić information content (AvgIpc) is 2.78. The number of carbonyl (C=O) groups is 1. The van der Waals surface area contributed by atoms with Gasteiger partial charge < -0.3 is 5.11 Å². The van der Waals surface area contributed by atoms with E-state index in [0.29, 0.717) is 6.04 Å². The lowest BCUT2D eigenvalue weighted by atomic mass is 9.79. The number of nitrogens with zero attached hydrogens (tertiary/aromatic N) is 1. The van der Waals surface area contributed by atoms with Crippen molar-refractivity contribution in [2.24, 2.45) is 17.8 Å². The largest absolute Gasteiger partial charge is 0.481 e. The molecular weight excluding hydrogens is 214 g/mol. The second kappa shape index (κ2) is 5.38. The molecule has 1 aliphatic heterocycles.